The van der Waals surface area contributed by atoms with Gasteiger partial charge >= 0.3 is 18.3 Å². The summed E-state index contributed by atoms with van der Waals surface area (Å²) in [6.45, 7) is 3.77. The molecule has 1 aliphatic heterocycles. The lowest BCUT2D eigenvalue weighted by atomic mass is 9.52. The van der Waals surface area contributed by atoms with Crippen molar-refractivity contribution in [2.24, 2.45) is 23.2 Å². The summed E-state index contributed by atoms with van der Waals surface area (Å²) in [6.07, 6.45) is -1.59. The number of piperidine rings is 1. The summed E-state index contributed by atoms with van der Waals surface area (Å²) in [6, 6.07) is 5.79. The number of ether oxygens (including phenoxy) is 2. The summed E-state index contributed by atoms with van der Waals surface area (Å²) in [5.74, 6) is -3.15. The van der Waals surface area contributed by atoms with Gasteiger partial charge in [-0.1, -0.05) is 13.0 Å². The second-order valence-electron chi connectivity index (χ2n) is 13.5. The first-order chi connectivity index (χ1) is 20.8. The van der Waals surface area contributed by atoms with E-state index in [9.17, 15) is 36.1 Å². The molecule has 1 heterocycles. The van der Waals surface area contributed by atoms with Crippen molar-refractivity contribution in [1.29, 1.82) is 0 Å². The van der Waals surface area contributed by atoms with Crippen molar-refractivity contribution < 1.29 is 45.5 Å². The second kappa shape index (κ2) is 13.5. The van der Waals surface area contributed by atoms with Crippen LogP contribution < -0.4 is 10.1 Å². The van der Waals surface area contributed by atoms with E-state index < -0.39 is 41.9 Å². The maximum Gasteiger partial charge on any atom is 0.514 e. The van der Waals surface area contributed by atoms with Crippen LogP contribution in [0.4, 0.5) is 26.7 Å². The van der Waals surface area contributed by atoms with Gasteiger partial charge in [0.15, 0.2) is 0 Å². The molecule has 1 aromatic rings. The summed E-state index contributed by atoms with van der Waals surface area (Å²) in [5.41, 5.74) is 2.18. The molecule has 6 nitrogen and oxygen atoms in total. The number of halogens is 5. The van der Waals surface area contributed by atoms with Crippen molar-refractivity contribution in [3.8, 4) is 5.75 Å². The number of aliphatic hydroxyl groups excluding tert-OH is 1. The number of nitrogens with one attached hydrogen (secondary N) is 1. The lowest BCUT2D eigenvalue weighted by molar-refractivity contribution is -0.284. The molecule has 0 spiro atoms. The number of fused-ring (bicyclic) bond motifs is 5. The highest BCUT2D eigenvalue weighted by atomic mass is 32.2. The molecule has 0 bridgehead atoms. The van der Waals surface area contributed by atoms with Crippen LogP contribution in [0.5, 0.6) is 5.75 Å². The van der Waals surface area contributed by atoms with Gasteiger partial charge in [0.2, 0.25) is 0 Å². The quantitative estimate of drug-likeness (QED) is 0.163. The minimum atomic E-state index is -5.59. The number of hydrogen-bond donors (Lipinski definition) is 2. The van der Waals surface area contributed by atoms with Gasteiger partial charge in [-0.25, -0.2) is 4.79 Å². The maximum atomic E-state index is 13.2. The van der Waals surface area contributed by atoms with E-state index >= 15 is 0 Å². The molecule has 0 radical (unpaired) electrons. The SMILES string of the molecule is C[C@]12CC[C@@H]3c4ccc(OC(=O)OC5CCNCC5)cc4C[C@@H](CCCS(=O)CCCC(F)(F)C(F)(F)F)[C@H]3[C@@H]1CC[C@@H]2O. The monoisotopic (exact) mass is 649 g/mol. The fourth-order valence-electron chi connectivity index (χ4n) is 8.46. The standard InChI is InChI=1S/C32H44F5NO5S/c1-30-13-9-25-24-6-5-23(43-29(40)42-22-10-14-38-15-11-22)19-21(24)18-20(28(25)26(30)7-8-27(30)39)4-2-16-44(41)17-3-12-31(33,34)32(35,36)37/h5-6,19-20,22,25-28,38-39H,2-4,7-18H2,1H3/t20-,25-,26+,27+,28-,30+,44?/m1/s1. The summed E-state index contributed by atoms with van der Waals surface area (Å²) >= 11 is 0. The third kappa shape index (κ3) is 7.27. The summed E-state index contributed by atoms with van der Waals surface area (Å²) < 4.78 is 87.5. The smallest absolute Gasteiger partial charge is 0.431 e. The number of carbonyl (C=O) groups excluding carboxylic acids is 1. The predicted molar refractivity (Wildman–Crippen MR) is 156 cm³/mol. The van der Waals surface area contributed by atoms with Gasteiger partial charge in [0.05, 0.1) is 6.10 Å². The third-order valence-electron chi connectivity index (χ3n) is 10.8. The second-order valence-corrected chi connectivity index (χ2v) is 15.2. The van der Waals surface area contributed by atoms with Crippen LogP contribution in [0, 0.1) is 23.2 Å². The Hall–Kier alpha value is -1.79. The van der Waals surface area contributed by atoms with Gasteiger partial charge in [-0.2, -0.15) is 22.0 Å². The first-order valence-corrected chi connectivity index (χ1v) is 17.5. The van der Waals surface area contributed by atoms with Crippen LogP contribution >= 0.6 is 0 Å². The minimum absolute atomic E-state index is 0.162. The Kier molecular flexibility index (Phi) is 10.3. The van der Waals surface area contributed by atoms with Gasteiger partial charge < -0.3 is 19.9 Å². The molecule has 248 valence electrons. The molecular formula is C32H44F5NO5S. The first kappa shape index (κ1) is 33.6. The van der Waals surface area contributed by atoms with Crippen LogP contribution in [0.2, 0.25) is 0 Å². The normalized spacial score (nSPS) is 31.5. The molecule has 7 atom stereocenters. The zero-order chi connectivity index (χ0) is 31.7. The average molecular weight is 650 g/mol. The topological polar surface area (TPSA) is 84.9 Å². The molecule has 44 heavy (non-hydrogen) atoms. The highest BCUT2D eigenvalue weighted by Gasteiger charge is 2.57. The van der Waals surface area contributed by atoms with E-state index in [1.165, 1.54) is 5.56 Å². The van der Waals surface area contributed by atoms with Crippen LogP contribution in [0.25, 0.3) is 0 Å². The Balaban J connectivity index is 1.24. The molecule has 12 heteroatoms. The fraction of sp³-hybridized carbons (Fsp3) is 0.781. The van der Waals surface area contributed by atoms with E-state index in [0.29, 0.717) is 24.0 Å². The molecule has 1 aromatic carbocycles. The fourth-order valence-corrected chi connectivity index (χ4v) is 9.62. The van der Waals surface area contributed by atoms with Crippen molar-refractivity contribution in [2.75, 3.05) is 24.6 Å². The van der Waals surface area contributed by atoms with Crippen LogP contribution in [0.15, 0.2) is 18.2 Å². The van der Waals surface area contributed by atoms with Gasteiger partial charge in [-0.15, -0.1) is 0 Å². The lowest BCUT2D eigenvalue weighted by Gasteiger charge is -2.53. The summed E-state index contributed by atoms with van der Waals surface area (Å²) in [7, 11) is -1.49. The van der Waals surface area contributed by atoms with E-state index in [0.717, 1.165) is 70.0 Å². The minimum Gasteiger partial charge on any atom is -0.431 e. The Morgan fingerprint density at radius 3 is 2.52 bits per heavy atom. The highest BCUT2D eigenvalue weighted by molar-refractivity contribution is 7.84. The molecule has 5 rings (SSSR count). The van der Waals surface area contributed by atoms with Crippen LogP contribution in [0.3, 0.4) is 0 Å². The molecule has 2 N–H and O–H groups in total. The zero-order valence-electron chi connectivity index (χ0n) is 25.2. The van der Waals surface area contributed by atoms with Crippen molar-refractivity contribution in [3.63, 3.8) is 0 Å². The summed E-state index contributed by atoms with van der Waals surface area (Å²) in [4.78, 5) is 12.5. The number of aliphatic hydroxyl groups is 1. The lowest BCUT2D eigenvalue weighted by Crippen LogP contribution is -2.47. The number of rotatable bonds is 10. The first-order valence-electron chi connectivity index (χ1n) is 16.0. The molecule has 1 unspecified atom stereocenters. The Labute approximate surface area is 258 Å². The van der Waals surface area contributed by atoms with Gasteiger partial charge in [-0.05, 0) is 130 Å². The molecule has 3 fully saturated rings. The average Bonchev–Trinajstić information content (AvgIpc) is 3.26. The largest absolute Gasteiger partial charge is 0.514 e. The molecule has 3 aliphatic carbocycles. The third-order valence-corrected chi connectivity index (χ3v) is 12.3. The van der Waals surface area contributed by atoms with Crippen LogP contribution in [-0.4, -0.2) is 64.4 Å². The van der Waals surface area contributed by atoms with Gasteiger partial charge in [0.25, 0.3) is 0 Å². The van der Waals surface area contributed by atoms with E-state index in [1.807, 2.05) is 12.1 Å². The van der Waals surface area contributed by atoms with E-state index in [2.05, 4.69) is 18.3 Å². The van der Waals surface area contributed by atoms with E-state index in [1.54, 1.807) is 0 Å². The Morgan fingerprint density at radius 2 is 1.80 bits per heavy atom. The van der Waals surface area contributed by atoms with Crippen molar-refractivity contribution >= 4 is 17.0 Å². The summed E-state index contributed by atoms with van der Waals surface area (Å²) in [5, 5.41) is 14.1. The van der Waals surface area contributed by atoms with Gasteiger partial charge in [0.1, 0.15) is 11.9 Å². The van der Waals surface area contributed by atoms with Gasteiger partial charge in [-0.3, -0.25) is 4.21 Å². The molecule has 4 aliphatic rings. The van der Waals surface area contributed by atoms with Crippen LogP contribution in [0.1, 0.15) is 88.2 Å². The number of benzene rings is 1. The maximum absolute atomic E-state index is 13.2. The highest BCUT2D eigenvalue weighted by Crippen LogP contribution is 2.62. The number of hydrogen-bond acceptors (Lipinski definition) is 6. The van der Waals surface area contributed by atoms with E-state index in [-0.39, 0.29) is 41.0 Å². The number of alkyl halides is 5. The van der Waals surface area contributed by atoms with Gasteiger partial charge in [0, 0.05) is 28.7 Å². The van der Waals surface area contributed by atoms with E-state index in [4.69, 9.17) is 9.47 Å². The molecule has 1 saturated heterocycles. The zero-order valence-corrected chi connectivity index (χ0v) is 26.0. The molecule has 2 saturated carbocycles. The Morgan fingerprint density at radius 1 is 1.07 bits per heavy atom. The number of carbonyl (C=O) groups is 1. The predicted octanol–water partition coefficient (Wildman–Crippen LogP) is 6.90. The molecule has 0 aromatic heterocycles. The van der Waals surface area contributed by atoms with Crippen molar-refractivity contribution in [2.45, 2.75) is 108 Å². The van der Waals surface area contributed by atoms with Crippen molar-refractivity contribution in [3.05, 3.63) is 29.3 Å². The van der Waals surface area contributed by atoms with Crippen LogP contribution in [-0.2, 0) is 22.0 Å². The Bertz CT molecular complexity index is 1190. The molecule has 0 amide bonds. The molecular weight excluding hydrogens is 605 g/mol. The van der Waals surface area contributed by atoms with Crippen molar-refractivity contribution in [1.82, 2.24) is 5.32 Å².